The predicted octanol–water partition coefficient (Wildman–Crippen LogP) is 2.00. The van der Waals surface area contributed by atoms with Crippen LogP contribution in [0.15, 0.2) is 64.9 Å². The zero-order valence-electron chi connectivity index (χ0n) is 13.3. The molecular formula is C18H16O7. The summed E-state index contributed by atoms with van der Waals surface area (Å²) in [5, 5.41) is 0.737. The van der Waals surface area contributed by atoms with Crippen LogP contribution in [0.2, 0.25) is 0 Å². The SMILES string of the molecule is C=CC(=O)OCC(COc1ccc2ccc(=O)oc2c1)OC(=O)C=C. The summed E-state index contributed by atoms with van der Waals surface area (Å²) in [5.74, 6) is -0.920. The molecule has 0 amide bonds. The highest BCUT2D eigenvalue weighted by Crippen LogP contribution is 2.19. The van der Waals surface area contributed by atoms with Crippen molar-refractivity contribution >= 4 is 22.9 Å². The van der Waals surface area contributed by atoms with E-state index in [1.807, 2.05) is 0 Å². The maximum Gasteiger partial charge on any atom is 0.336 e. The molecule has 0 aliphatic rings. The van der Waals surface area contributed by atoms with E-state index in [2.05, 4.69) is 13.2 Å². The van der Waals surface area contributed by atoms with Crippen molar-refractivity contribution in [1.29, 1.82) is 0 Å². The summed E-state index contributed by atoms with van der Waals surface area (Å²) < 4.78 is 20.5. The van der Waals surface area contributed by atoms with Crippen LogP contribution in [0.5, 0.6) is 5.75 Å². The van der Waals surface area contributed by atoms with E-state index in [1.54, 1.807) is 24.3 Å². The van der Waals surface area contributed by atoms with Crippen LogP contribution in [-0.4, -0.2) is 31.3 Å². The summed E-state index contributed by atoms with van der Waals surface area (Å²) in [6, 6.07) is 7.88. The maximum atomic E-state index is 11.4. The van der Waals surface area contributed by atoms with E-state index in [9.17, 15) is 14.4 Å². The Bertz CT molecular complexity index is 850. The summed E-state index contributed by atoms with van der Waals surface area (Å²) >= 11 is 0. The van der Waals surface area contributed by atoms with E-state index in [1.165, 1.54) is 6.07 Å². The van der Waals surface area contributed by atoms with Crippen LogP contribution in [0.1, 0.15) is 0 Å². The van der Waals surface area contributed by atoms with Gasteiger partial charge < -0.3 is 18.6 Å². The highest BCUT2D eigenvalue weighted by molar-refractivity contribution is 5.82. The Kier molecular flexibility index (Phi) is 6.11. The molecule has 2 rings (SSSR count). The van der Waals surface area contributed by atoms with E-state index >= 15 is 0 Å². The lowest BCUT2D eigenvalue weighted by Gasteiger charge is -2.17. The lowest BCUT2D eigenvalue weighted by atomic mass is 10.2. The molecule has 2 aromatic rings. The first kappa shape index (κ1) is 18.0. The van der Waals surface area contributed by atoms with Gasteiger partial charge in [0.15, 0.2) is 6.10 Å². The standard InChI is InChI=1S/C18H16O7/c1-3-16(19)23-11-14(24-17(20)4-2)10-22-13-7-5-12-6-8-18(21)25-15(12)9-13/h3-9,14H,1-2,10-11H2. The molecule has 1 atom stereocenters. The van der Waals surface area contributed by atoms with Crippen LogP contribution in [0.25, 0.3) is 11.0 Å². The van der Waals surface area contributed by atoms with Crippen LogP contribution in [0, 0.1) is 0 Å². The summed E-state index contributed by atoms with van der Waals surface area (Å²) in [7, 11) is 0. The Labute approximate surface area is 143 Å². The van der Waals surface area contributed by atoms with Crippen LogP contribution < -0.4 is 10.4 Å². The van der Waals surface area contributed by atoms with E-state index in [0.29, 0.717) is 11.3 Å². The van der Waals surface area contributed by atoms with Gasteiger partial charge in [-0.3, -0.25) is 0 Å². The van der Waals surface area contributed by atoms with Gasteiger partial charge in [0, 0.05) is 29.7 Å². The number of carbonyl (C=O) groups excluding carboxylic acids is 2. The molecule has 0 saturated carbocycles. The lowest BCUT2D eigenvalue weighted by Crippen LogP contribution is -2.30. The molecule has 130 valence electrons. The summed E-state index contributed by atoms with van der Waals surface area (Å²) in [4.78, 5) is 33.8. The number of esters is 2. The molecule has 25 heavy (non-hydrogen) atoms. The molecule has 7 nitrogen and oxygen atoms in total. The normalized spacial score (nSPS) is 11.4. The first-order chi connectivity index (χ1) is 12.0. The molecule has 1 aromatic carbocycles. The Morgan fingerprint density at radius 3 is 2.52 bits per heavy atom. The zero-order chi connectivity index (χ0) is 18.2. The molecule has 0 bridgehead atoms. The Morgan fingerprint density at radius 1 is 1.08 bits per heavy atom. The van der Waals surface area contributed by atoms with Gasteiger partial charge in [-0.05, 0) is 18.2 Å². The number of carbonyl (C=O) groups is 2. The van der Waals surface area contributed by atoms with Crippen LogP contribution in [0.4, 0.5) is 0 Å². The van der Waals surface area contributed by atoms with Gasteiger partial charge in [-0.1, -0.05) is 13.2 Å². The fourth-order valence-electron chi connectivity index (χ4n) is 1.88. The second kappa shape index (κ2) is 8.49. The van der Waals surface area contributed by atoms with Crippen molar-refractivity contribution in [2.24, 2.45) is 0 Å². The Hall–Kier alpha value is -3.35. The van der Waals surface area contributed by atoms with Crippen LogP contribution in [-0.2, 0) is 19.1 Å². The first-order valence-corrected chi connectivity index (χ1v) is 7.31. The van der Waals surface area contributed by atoms with Crippen molar-refractivity contribution in [3.8, 4) is 5.75 Å². The third-order valence-electron chi connectivity index (χ3n) is 3.06. The van der Waals surface area contributed by atoms with Gasteiger partial charge in [0.25, 0.3) is 0 Å². The smallest absolute Gasteiger partial charge is 0.336 e. The summed E-state index contributed by atoms with van der Waals surface area (Å²) in [6.07, 6.45) is 1.15. The van der Waals surface area contributed by atoms with Crippen molar-refractivity contribution < 1.29 is 28.2 Å². The van der Waals surface area contributed by atoms with Gasteiger partial charge in [0.1, 0.15) is 24.5 Å². The fraction of sp³-hybridized carbons (Fsp3) is 0.167. The maximum absolute atomic E-state index is 11.4. The number of hydrogen-bond donors (Lipinski definition) is 0. The molecule has 0 aliphatic carbocycles. The average molecular weight is 344 g/mol. The number of hydrogen-bond acceptors (Lipinski definition) is 7. The van der Waals surface area contributed by atoms with Crippen LogP contribution >= 0.6 is 0 Å². The van der Waals surface area contributed by atoms with Crippen molar-refractivity contribution in [2.45, 2.75) is 6.10 Å². The topological polar surface area (TPSA) is 92.0 Å². The first-order valence-electron chi connectivity index (χ1n) is 7.31. The van der Waals surface area contributed by atoms with E-state index in [-0.39, 0.29) is 13.2 Å². The monoisotopic (exact) mass is 344 g/mol. The van der Waals surface area contributed by atoms with Gasteiger partial charge in [-0.2, -0.15) is 0 Å². The third kappa shape index (κ3) is 5.35. The van der Waals surface area contributed by atoms with Gasteiger partial charge in [0.2, 0.25) is 0 Å². The molecule has 0 aliphatic heterocycles. The molecule has 1 aromatic heterocycles. The zero-order valence-corrected chi connectivity index (χ0v) is 13.3. The highest BCUT2D eigenvalue weighted by Gasteiger charge is 2.16. The van der Waals surface area contributed by atoms with E-state index in [0.717, 1.165) is 17.5 Å². The molecule has 0 spiro atoms. The van der Waals surface area contributed by atoms with Crippen molar-refractivity contribution in [3.05, 3.63) is 66.1 Å². The molecular weight excluding hydrogens is 328 g/mol. The summed E-state index contributed by atoms with van der Waals surface area (Å²) in [5.41, 5.74) is -0.110. The predicted molar refractivity (Wildman–Crippen MR) is 89.2 cm³/mol. The van der Waals surface area contributed by atoms with Crippen molar-refractivity contribution in [1.82, 2.24) is 0 Å². The Morgan fingerprint density at radius 2 is 1.80 bits per heavy atom. The minimum absolute atomic E-state index is 0.0768. The van der Waals surface area contributed by atoms with E-state index < -0.39 is 23.7 Å². The molecule has 0 radical (unpaired) electrons. The molecule has 0 saturated heterocycles. The van der Waals surface area contributed by atoms with Crippen molar-refractivity contribution in [2.75, 3.05) is 13.2 Å². The summed E-state index contributed by atoms with van der Waals surface area (Å²) in [6.45, 7) is 6.31. The minimum atomic E-state index is -0.840. The largest absolute Gasteiger partial charge is 0.489 e. The quantitative estimate of drug-likeness (QED) is 0.411. The van der Waals surface area contributed by atoms with Gasteiger partial charge in [0.05, 0.1) is 0 Å². The lowest BCUT2D eigenvalue weighted by molar-refractivity contribution is -0.154. The number of benzene rings is 1. The van der Waals surface area contributed by atoms with Gasteiger partial charge in [-0.15, -0.1) is 0 Å². The second-order valence-corrected chi connectivity index (χ2v) is 4.86. The molecule has 1 unspecified atom stereocenters. The molecule has 0 fully saturated rings. The van der Waals surface area contributed by atoms with E-state index in [4.69, 9.17) is 18.6 Å². The minimum Gasteiger partial charge on any atom is -0.489 e. The van der Waals surface area contributed by atoms with Crippen LogP contribution in [0.3, 0.4) is 0 Å². The third-order valence-corrected chi connectivity index (χ3v) is 3.06. The number of ether oxygens (including phenoxy) is 3. The number of fused-ring (bicyclic) bond motifs is 1. The average Bonchev–Trinajstić information content (AvgIpc) is 2.62. The second-order valence-electron chi connectivity index (χ2n) is 4.86. The molecule has 0 N–H and O–H groups in total. The molecule has 1 heterocycles. The highest BCUT2D eigenvalue weighted by atomic mass is 16.6. The molecule has 7 heteroatoms. The van der Waals surface area contributed by atoms with Gasteiger partial charge in [-0.25, -0.2) is 14.4 Å². The van der Waals surface area contributed by atoms with Crippen molar-refractivity contribution in [3.63, 3.8) is 0 Å². The van der Waals surface area contributed by atoms with Gasteiger partial charge >= 0.3 is 17.6 Å². The Balaban J connectivity index is 2.06. The number of rotatable bonds is 8. The fourth-order valence-corrected chi connectivity index (χ4v) is 1.88.